The van der Waals surface area contributed by atoms with Gasteiger partial charge in [0.2, 0.25) is 0 Å². The highest BCUT2D eigenvalue weighted by Gasteiger charge is 2.33. The molecule has 6 heteroatoms. The molecule has 0 radical (unpaired) electrons. The van der Waals surface area contributed by atoms with Crippen molar-refractivity contribution in [2.45, 2.75) is 65.2 Å². The topological polar surface area (TPSA) is 53.6 Å². The fourth-order valence-electron chi connectivity index (χ4n) is 4.01. The van der Waals surface area contributed by atoms with Crippen molar-refractivity contribution in [1.29, 1.82) is 0 Å². The molecule has 2 aromatic carbocycles. The SMILES string of the molecule is CC(C)COc1ccc(CNC(=O)N(Cc2ccc(F)cc2)[C@H]2CCNC(C)(C)C2)cc1. The standard InChI is InChI=1S/C26H36FN3O2/c1-19(2)18-32-24-11-7-20(8-12-24)16-28-25(31)30(17-21-5-9-22(27)10-6-21)23-13-14-29-26(3,4)15-23/h5-12,19,23,29H,13-18H2,1-4H3,(H,28,31)/t23-/m0/s1. The van der Waals surface area contributed by atoms with Gasteiger partial charge in [-0.1, -0.05) is 38.1 Å². The van der Waals surface area contributed by atoms with Crippen LogP contribution in [0.5, 0.6) is 5.75 Å². The molecule has 5 nitrogen and oxygen atoms in total. The second-order valence-electron chi connectivity index (χ2n) is 9.72. The summed E-state index contributed by atoms with van der Waals surface area (Å²) >= 11 is 0. The van der Waals surface area contributed by atoms with Crippen molar-refractivity contribution in [2.75, 3.05) is 13.2 Å². The van der Waals surface area contributed by atoms with E-state index in [1.807, 2.05) is 29.2 Å². The highest BCUT2D eigenvalue weighted by atomic mass is 19.1. The number of amides is 2. The Kier molecular flexibility index (Phi) is 8.13. The summed E-state index contributed by atoms with van der Waals surface area (Å²) in [5.74, 6) is 1.04. The number of carbonyl (C=O) groups is 1. The molecule has 1 aliphatic heterocycles. The van der Waals surface area contributed by atoms with Crippen LogP contribution in [-0.4, -0.2) is 35.7 Å². The van der Waals surface area contributed by atoms with Crippen LogP contribution in [0.3, 0.4) is 0 Å². The van der Waals surface area contributed by atoms with Gasteiger partial charge in [-0.05, 0) is 74.5 Å². The molecular formula is C26H36FN3O2. The summed E-state index contributed by atoms with van der Waals surface area (Å²) in [6, 6.07) is 14.2. The molecule has 1 aliphatic rings. The number of rotatable bonds is 8. The minimum Gasteiger partial charge on any atom is -0.493 e. The van der Waals surface area contributed by atoms with E-state index in [4.69, 9.17) is 4.74 Å². The van der Waals surface area contributed by atoms with Crippen LogP contribution in [0.2, 0.25) is 0 Å². The number of halogens is 1. The average molecular weight is 442 g/mol. The van der Waals surface area contributed by atoms with Gasteiger partial charge in [-0.25, -0.2) is 9.18 Å². The Labute approximate surface area is 191 Å². The quantitative estimate of drug-likeness (QED) is 0.599. The molecule has 0 aromatic heterocycles. The van der Waals surface area contributed by atoms with Crippen molar-refractivity contribution < 1.29 is 13.9 Å². The largest absolute Gasteiger partial charge is 0.493 e. The van der Waals surface area contributed by atoms with E-state index in [9.17, 15) is 9.18 Å². The number of nitrogens with one attached hydrogen (secondary N) is 2. The number of piperidine rings is 1. The summed E-state index contributed by atoms with van der Waals surface area (Å²) in [4.78, 5) is 15.1. The highest BCUT2D eigenvalue weighted by Crippen LogP contribution is 2.25. The fraction of sp³-hybridized carbons (Fsp3) is 0.500. The van der Waals surface area contributed by atoms with Gasteiger partial charge in [0.1, 0.15) is 11.6 Å². The molecule has 1 atom stereocenters. The summed E-state index contributed by atoms with van der Waals surface area (Å²) < 4.78 is 19.1. The van der Waals surface area contributed by atoms with E-state index in [0.717, 1.165) is 36.3 Å². The van der Waals surface area contributed by atoms with Crippen LogP contribution < -0.4 is 15.4 Å². The van der Waals surface area contributed by atoms with Gasteiger partial charge in [-0.2, -0.15) is 0 Å². The smallest absolute Gasteiger partial charge is 0.318 e. The lowest BCUT2D eigenvalue weighted by Crippen LogP contribution is -2.55. The van der Waals surface area contributed by atoms with Gasteiger partial charge in [0.05, 0.1) is 6.61 Å². The van der Waals surface area contributed by atoms with E-state index in [-0.39, 0.29) is 23.4 Å². The number of hydrogen-bond donors (Lipinski definition) is 2. The van der Waals surface area contributed by atoms with Crippen LogP contribution in [-0.2, 0) is 13.1 Å². The maximum Gasteiger partial charge on any atom is 0.318 e. The lowest BCUT2D eigenvalue weighted by Gasteiger charge is -2.42. The lowest BCUT2D eigenvalue weighted by atomic mass is 9.88. The normalized spacial score (nSPS) is 17.8. The van der Waals surface area contributed by atoms with Crippen LogP contribution in [0.15, 0.2) is 48.5 Å². The Bertz CT molecular complexity index is 866. The van der Waals surface area contributed by atoms with Crippen LogP contribution in [0, 0.1) is 11.7 Å². The lowest BCUT2D eigenvalue weighted by molar-refractivity contribution is 0.126. The third-order valence-electron chi connectivity index (χ3n) is 5.75. The zero-order valence-electron chi connectivity index (χ0n) is 19.7. The molecule has 2 aromatic rings. The van der Waals surface area contributed by atoms with Crippen LogP contribution in [0.4, 0.5) is 9.18 Å². The maximum absolute atomic E-state index is 13.4. The minimum absolute atomic E-state index is 0.0317. The molecule has 0 unspecified atom stereocenters. The highest BCUT2D eigenvalue weighted by molar-refractivity contribution is 5.74. The van der Waals surface area contributed by atoms with E-state index >= 15 is 0 Å². The minimum atomic E-state index is -0.270. The fourth-order valence-corrected chi connectivity index (χ4v) is 4.01. The van der Waals surface area contributed by atoms with Gasteiger partial charge < -0.3 is 20.3 Å². The van der Waals surface area contributed by atoms with E-state index < -0.39 is 0 Å². The van der Waals surface area contributed by atoms with Crippen molar-refractivity contribution >= 4 is 6.03 Å². The molecular weight excluding hydrogens is 405 g/mol. The van der Waals surface area contributed by atoms with Crippen LogP contribution >= 0.6 is 0 Å². The van der Waals surface area contributed by atoms with Crippen LogP contribution in [0.25, 0.3) is 0 Å². The number of benzene rings is 2. The third-order valence-corrected chi connectivity index (χ3v) is 5.75. The first-order valence-electron chi connectivity index (χ1n) is 11.5. The first-order chi connectivity index (χ1) is 15.2. The predicted octanol–water partition coefficient (Wildman–Crippen LogP) is 5.10. The van der Waals surface area contributed by atoms with E-state index in [1.54, 1.807) is 12.1 Å². The van der Waals surface area contributed by atoms with E-state index in [2.05, 4.69) is 38.3 Å². The number of hydrogen-bond acceptors (Lipinski definition) is 3. The molecule has 2 N–H and O–H groups in total. The molecule has 0 aliphatic carbocycles. The van der Waals surface area contributed by atoms with Gasteiger partial charge in [-0.15, -0.1) is 0 Å². The number of carbonyl (C=O) groups excluding carboxylic acids is 1. The summed E-state index contributed by atoms with van der Waals surface area (Å²) in [5, 5.41) is 6.59. The second kappa shape index (κ2) is 10.8. The Morgan fingerprint density at radius 2 is 1.81 bits per heavy atom. The first kappa shape index (κ1) is 24.1. The molecule has 1 saturated heterocycles. The monoisotopic (exact) mass is 441 g/mol. The van der Waals surface area contributed by atoms with Gasteiger partial charge in [0.15, 0.2) is 0 Å². The average Bonchev–Trinajstić information content (AvgIpc) is 2.75. The molecule has 1 heterocycles. The molecule has 1 fully saturated rings. The van der Waals surface area contributed by atoms with E-state index in [1.165, 1.54) is 12.1 Å². The molecule has 0 spiro atoms. The molecule has 174 valence electrons. The van der Waals surface area contributed by atoms with Gasteiger partial charge in [0, 0.05) is 24.7 Å². The Morgan fingerprint density at radius 1 is 1.16 bits per heavy atom. The van der Waals surface area contributed by atoms with Gasteiger partial charge >= 0.3 is 6.03 Å². The molecule has 3 rings (SSSR count). The second-order valence-corrected chi connectivity index (χ2v) is 9.72. The van der Waals surface area contributed by atoms with Crippen molar-refractivity contribution in [3.63, 3.8) is 0 Å². The van der Waals surface area contributed by atoms with Crippen molar-refractivity contribution in [1.82, 2.24) is 15.5 Å². The molecule has 0 bridgehead atoms. The number of nitrogens with zero attached hydrogens (tertiary/aromatic N) is 1. The van der Waals surface area contributed by atoms with Crippen molar-refractivity contribution in [3.05, 3.63) is 65.5 Å². The summed E-state index contributed by atoms with van der Waals surface area (Å²) in [6.07, 6.45) is 1.75. The summed E-state index contributed by atoms with van der Waals surface area (Å²) in [5.41, 5.74) is 1.91. The number of ether oxygens (including phenoxy) is 1. The first-order valence-corrected chi connectivity index (χ1v) is 11.5. The van der Waals surface area contributed by atoms with Gasteiger partial charge in [0.25, 0.3) is 0 Å². The zero-order valence-corrected chi connectivity index (χ0v) is 19.7. The summed E-state index contributed by atoms with van der Waals surface area (Å²) in [7, 11) is 0. The van der Waals surface area contributed by atoms with Gasteiger partial charge in [-0.3, -0.25) is 0 Å². The Hall–Kier alpha value is -2.60. The predicted molar refractivity (Wildman–Crippen MR) is 126 cm³/mol. The maximum atomic E-state index is 13.4. The van der Waals surface area contributed by atoms with Crippen LogP contribution in [0.1, 0.15) is 51.7 Å². The summed E-state index contributed by atoms with van der Waals surface area (Å²) in [6.45, 7) is 11.0. The van der Waals surface area contributed by atoms with E-state index in [0.29, 0.717) is 25.6 Å². The van der Waals surface area contributed by atoms with Crippen molar-refractivity contribution in [3.8, 4) is 5.75 Å². The molecule has 2 amide bonds. The van der Waals surface area contributed by atoms with Crippen molar-refractivity contribution in [2.24, 2.45) is 5.92 Å². The zero-order chi connectivity index (χ0) is 23.1. The Morgan fingerprint density at radius 3 is 2.44 bits per heavy atom. The molecule has 0 saturated carbocycles. The third kappa shape index (κ3) is 7.23. The Balaban J connectivity index is 1.65. The number of urea groups is 1. The molecule has 32 heavy (non-hydrogen) atoms.